The second-order valence-electron chi connectivity index (χ2n) is 5.96. The Bertz CT molecular complexity index is 767. The molecule has 8 heteroatoms. The maximum Gasteiger partial charge on any atom is 0.246 e. The van der Waals surface area contributed by atoms with E-state index in [1.807, 2.05) is 37.3 Å². The van der Waals surface area contributed by atoms with Gasteiger partial charge in [0.15, 0.2) is 5.96 Å². The maximum absolute atomic E-state index is 12.2. The summed E-state index contributed by atoms with van der Waals surface area (Å²) in [5, 5.41) is 9.72. The fourth-order valence-electron chi connectivity index (χ4n) is 2.44. The SMILES string of the molecule is CCNC(=NCC(=O)Nc1cccc(CC)c1)NCCc1ccc(Cl)nc1.I. The molecule has 0 spiro atoms. The van der Waals surface area contributed by atoms with Crippen molar-refractivity contribution < 1.29 is 4.79 Å². The number of nitrogens with one attached hydrogen (secondary N) is 3. The molecular formula is C20H27ClIN5O. The standard InChI is InChI=1S/C20H26ClN5O.HI/c1-3-15-6-5-7-17(12-15)26-19(27)14-25-20(22-4-2)23-11-10-16-8-9-18(21)24-13-16;/h5-9,12-13H,3-4,10-11,14H2,1-2H3,(H,26,27)(H2,22,23,25);1H. The molecule has 0 atom stereocenters. The molecule has 6 nitrogen and oxygen atoms in total. The van der Waals surface area contributed by atoms with Gasteiger partial charge in [-0.3, -0.25) is 4.79 Å². The highest BCUT2D eigenvalue weighted by atomic mass is 127. The summed E-state index contributed by atoms with van der Waals surface area (Å²) >= 11 is 5.79. The molecule has 152 valence electrons. The van der Waals surface area contributed by atoms with Gasteiger partial charge >= 0.3 is 0 Å². The molecule has 0 aliphatic rings. The van der Waals surface area contributed by atoms with E-state index in [0.717, 1.165) is 24.1 Å². The van der Waals surface area contributed by atoms with Crippen LogP contribution in [0.3, 0.4) is 0 Å². The Morgan fingerprint density at radius 1 is 1.14 bits per heavy atom. The molecule has 2 rings (SSSR count). The van der Waals surface area contributed by atoms with Gasteiger partial charge in [0.05, 0.1) is 0 Å². The lowest BCUT2D eigenvalue weighted by Gasteiger charge is -2.11. The minimum Gasteiger partial charge on any atom is -0.357 e. The predicted octanol–water partition coefficient (Wildman–Crippen LogP) is 3.65. The molecule has 0 saturated carbocycles. The molecule has 0 aliphatic carbocycles. The summed E-state index contributed by atoms with van der Waals surface area (Å²) in [6.07, 6.45) is 3.47. The second-order valence-corrected chi connectivity index (χ2v) is 6.35. The Hall–Kier alpha value is -1.87. The van der Waals surface area contributed by atoms with Gasteiger partial charge in [-0.15, -0.1) is 24.0 Å². The van der Waals surface area contributed by atoms with Gasteiger partial charge in [-0.1, -0.05) is 36.7 Å². The number of pyridine rings is 1. The number of aliphatic imine (C=N–C) groups is 1. The van der Waals surface area contributed by atoms with Crippen molar-refractivity contribution in [1.29, 1.82) is 0 Å². The molecular weight excluding hydrogens is 489 g/mol. The van der Waals surface area contributed by atoms with Gasteiger partial charge in [0.1, 0.15) is 11.7 Å². The van der Waals surface area contributed by atoms with Gasteiger partial charge in [-0.25, -0.2) is 9.98 Å². The molecule has 0 aliphatic heterocycles. The van der Waals surface area contributed by atoms with Crippen molar-refractivity contribution in [3.05, 3.63) is 58.9 Å². The first-order valence-electron chi connectivity index (χ1n) is 9.12. The van der Waals surface area contributed by atoms with Crippen LogP contribution in [0.15, 0.2) is 47.6 Å². The first-order chi connectivity index (χ1) is 13.1. The number of amides is 1. The zero-order chi connectivity index (χ0) is 19.5. The van der Waals surface area contributed by atoms with Crippen LogP contribution in [0.1, 0.15) is 25.0 Å². The van der Waals surface area contributed by atoms with Crippen LogP contribution < -0.4 is 16.0 Å². The maximum atomic E-state index is 12.2. The number of benzene rings is 1. The number of guanidine groups is 1. The summed E-state index contributed by atoms with van der Waals surface area (Å²) in [5.74, 6) is 0.458. The van der Waals surface area contributed by atoms with Gasteiger partial charge in [0.25, 0.3) is 0 Å². The third-order valence-corrected chi connectivity index (χ3v) is 4.06. The number of aromatic nitrogens is 1. The topological polar surface area (TPSA) is 78.4 Å². The number of carbonyl (C=O) groups is 1. The molecule has 0 saturated heterocycles. The molecule has 0 bridgehead atoms. The van der Waals surface area contributed by atoms with E-state index in [-0.39, 0.29) is 36.4 Å². The Morgan fingerprint density at radius 3 is 2.64 bits per heavy atom. The van der Waals surface area contributed by atoms with E-state index in [4.69, 9.17) is 11.6 Å². The van der Waals surface area contributed by atoms with E-state index in [9.17, 15) is 4.79 Å². The molecule has 1 heterocycles. The quantitative estimate of drug-likeness (QED) is 0.217. The van der Waals surface area contributed by atoms with Gasteiger partial charge < -0.3 is 16.0 Å². The van der Waals surface area contributed by atoms with E-state index < -0.39 is 0 Å². The highest BCUT2D eigenvalue weighted by Crippen LogP contribution is 2.10. The van der Waals surface area contributed by atoms with Crippen LogP contribution in [0.5, 0.6) is 0 Å². The Balaban J connectivity index is 0.00000392. The van der Waals surface area contributed by atoms with E-state index in [0.29, 0.717) is 24.2 Å². The van der Waals surface area contributed by atoms with Crippen molar-refractivity contribution in [2.75, 3.05) is 25.0 Å². The summed E-state index contributed by atoms with van der Waals surface area (Å²) in [6, 6.07) is 11.6. The van der Waals surface area contributed by atoms with Crippen molar-refractivity contribution in [3.8, 4) is 0 Å². The summed E-state index contributed by atoms with van der Waals surface area (Å²) in [4.78, 5) is 20.6. The molecule has 0 fully saturated rings. The molecule has 0 unspecified atom stereocenters. The van der Waals surface area contributed by atoms with Crippen LogP contribution in [-0.2, 0) is 17.6 Å². The lowest BCUT2D eigenvalue weighted by atomic mass is 10.1. The number of halogens is 2. The zero-order valence-electron chi connectivity index (χ0n) is 16.2. The van der Waals surface area contributed by atoms with E-state index >= 15 is 0 Å². The van der Waals surface area contributed by atoms with Crippen LogP contribution in [-0.4, -0.2) is 36.5 Å². The summed E-state index contributed by atoms with van der Waals surface area (Å²) in [7, 11) is 0. The fraction of sp³-hybridized carbons (Fsp3) is 0.350. The zero-order valence-corrected chi connectivity index (χ0v) is 19.3. The van der Waals surface area contributed by atoms with E-state index in [1.165, 1.54) is 5.56 Å². The number of anilines is 1. The van der Waals surface area contributed by atoms with Crippen molar-refractivity contribution >= 4 is 53.1 Å². The van der Waals surface area contributed by atoms with Crippen LogP contribution in [0.4, 0.5) is 5.69 Å². The predicted molar refractivity (Wildman–Crippen MR) is 127 cm³/mol. The highest BCUT2D eigenvalue weighted by Gasteiger charge is 2.04. The van der Waals surface area contributed by atoms with Gasteiger partial charge in [-0.2, -0.15) is 0 Å². The van der Waals surface area contributed by atoms with Crippen LogP contribution in [0.2, 0.25) is 5.15 Å². The smallest absolute Gasteiger partial charge is 0.246 e. The van der Waals surface area contributed by atoms with Crippen LogP contribution in [0, 0.1) is 0 Å². The Labute approximate surface area is 188 Å². The largest absolute Gasteiger partial charge is 0.357 e. The number of hydrogen-bond acceptors (Lipinski definition) is 3. The van der Waals surface area contributed by atoms with Crippen molar-refractivity contribution in [2.45, 2.75) is 26.7 Å². The minimum atomic E-state index is -0.151. The average Bonchev–Trinajstić information content (AvgIpc) is 2.68. The normalized spacial score (nSPS) is 10.8. The van der Waals surface area contributed by atoms with Gasteiger partial charge in [-0.05, 0) is 49.1 Å². The van der Waals surface area contributed by atoms with Gasteiger partial charge in [0, 0.05) is 25.0 Å². The van der Waals surface area contributed by atoms with Crippen LogP contribution >= 0.6 is 35.6 Å². The molecule has 0 radical (unpaired) electrons. The monoisotopic (exact) mass is 515 g/mol. The Kier molecular flexibility index (Phi) is 11.5. The summed E-state index contributed by atoms with van der Waals surface area (Å²) in [5.41, 5.74) is 3.06. The number of carbonyl (C=O) groups excluding carboxylic acids is 1. The summed E-state index contributed by atoms with van der Waals surface area (Å²) < 4.78 is 0. The lowest BCUT2D eigenvalue weighted by molar-refractivity contribution is -0.114. The Morgan fingerprint density at radius 2 is 1.96 bits per heavy atom. The van der Waals surface area contributed by atoms with Crippen molar-refractivity contribution in [3.63, 3.8) is 0 Å². The second kappa shape index (κ2) is 13.3. The van der Waals surface area contributed by atoms with Crippen molar-refractivity contribution in [1.82, 2.24) is 15.6 Å². The molecule has 3 N–H and O–H groups in total. The highest BCUT2D eigenvalue weighted by molar-refractivity contribution is 14.0. The number of aryl methyl sites for hydroxylation is 1. The average molecular weight is 516 g/mol. The first-order valence-corrected chi connectivity index (χ1v) is 9.50. The third-order valence-electron chi connectivity index (χ3n) is 3.84. The van der Waals surface area contributed by atoms with E-state index in [1.54, 1.807) is 12.3 Å². The van der Waals surface area contributed by atoms with Crippen molar-refractivity contribution in [2.24, 2.45) is 4.99 Å². The molecule has 2 aromatic rings. The lowest BCUT2D eigenvalue weighted by Crippen LogP contribution is -2.39. The van der Waals surface area contributed by atoms with Crippen LogP contribution in [0.25, 0.3) is 0 Å². The number of nitrogens with zero attached hydrogens (tertiary/aromatic N) is 2. The van der Waals surface area contributed by atoms with Gasteiger partial charge in [0.2, 0.25) is 5.91 Å². The molecule has 28 heavy (non-hydrogen) atoms. The fourth-order valence-corrected chi connectivity index (χ4v) is 2.55. The first kappa shape index (κ1) is 24.2. The molecule has 1 amide bonds. The van der Waals surface area contributed by atoms with E-state index in [2.05, 4.69) is 32.9 Å². The minimum absolute atomic E-state index is 0. The number of rotatable bonds is 8. The summed E-state index contributed by atoms with van der Waals surface area (Å²) in [6.45, 7) is 5.51. The third kappa shape index (κ3) is 8.88. The molecule has 1 aromatic carbocycles. The number of hydrogen-bond donors (Lipinski definition) is 3. The molecule has 1 aromatic heterocycles.